The van der Waals surface area contributed by atoms with Crippen molar-refractivity contribution < 1.29 is 14.0 Å². The number of likely N-dealkylation sites (tertiary alicyclic amines) is 2. The Morgan fingerprint density at radius 2 is 1.54 bits per heavy atom. The Balaban J connectivity index is 1.44. The van der Waals surface area contributed by atoms with Gasteiger partial charge in [0.1, 0.15) is 11.2 Å². The van der Waals surface area contributed by atoms with Crippen LogP contribution in [0.2, 0.25) is 15.1 Å². The molecule has 0 saturated carbocycles. The van der Waals surface area contributed by atoms with Gasteiger partial charge in [0.2, 0.25) is 5.91 Å². The summed E-state index contributed by atoms with van der Waals surface area (Å²) >= 11 is 18.7. The predicted octanol–water partition coefficient (Wildman–Crippen LogP) is 5.91. The molecule has 3 aromatic rings. The Morgan fingerprint density at radius 3 is 2.16 bits per heavy atom. The number of nitrogens with zero attached hydrogens (tertiary/aromatic N) is 3. The van der Waals surface area contributed by atoms with Crippen LogP contribution in [0.25, 0.3) is 22.6 Å². The van der Waals surface area contributed by atoms with E-state index in [1.54, 1.807) is 47.4 Å². The van der Waals surface area contributed by atoms with E-state index in [4.69, 9.17) is 45.0 Å². The number of nitrogens with two attached hydrogens (primary N) is 1. The fourth-order valence-corrected chi connectivity index (χ4v) is 5.95. The van der Waals surface area contributed by atoms with Gasteiger partial charge in [0, 0.05) is 34.3 Å². The predicted molar refractivity (Wildman–Crippen MR) is 145 cm³/mol. The molecule has 2 aliphatic rings. The molecule has 5 rings (SSSR count). The standard InChI is InChI=1S/C27H27Cl3N4O3/c28-18-6-4-17(5-7-18)23-22(20-9-8-19(29)16-21(20)30)32-24(37-23)25(35)33-14-10-27(11-15-33,26(31)36)34-12-2-1-3-13-34/h4-9,16H,1-3,10-15H2,(H2,31,36). The maximum atomic E-state index is 13.5. The first kappa shape index (κ1) is 26.0. The van der Waals surface area contributed by atoms with Gasteiger partial charge in [-0.1, -0.05) is 41.2 Å². The number of rotatable bonds is 5. The third-order valence-electron chi connectivity index (χ3n) is 7.40. The zero-order valence-corrected chi connectivity index (χ0v) is 22.5. The van der Waals surface area contributed by atoms with Crippen LogP contribution in [-0.4, -0.2) is 58.3 Å². The molecule has 0 aliphatic carbocycles. The molecule has 2 amide bonds. The van der Waals surface area contributed by atoms with Gasteiger partial charge >= 0.3 is 5.91 Å². The Hall–Kier alpha value is -2.58. The Labute approximate surface area is 230 Å². The van der Waals surface area contributed by atoms with Crippen LogP contribution >= 0.6 is 34.8 Å². The summed E-state index contributed by atoms with van der Waals surface area (Å²) in [4.78, 5) is 34.6. The second kappa shape index (κ2) is 10.7. The van der Waals surface area contributed by atoms with Gasteiger partial charge in [-0.3, -0.25) is 14.5 Å². The molecular formula is C27H27Cl3N4O3. The van der Waals surface area contributed by atoms with Gasteiger partial charge in [-0.15, -0.1) is 0 Å². The lowest BCUT2D eigenvalue weighted by atomic mass is 9.83. The van der Waals surface area contributed by atoms with E-state index < -0.39 is 5.54 Å². The Bertz CT molecular complexity index is 1310. The molecule has 2 aromatic carbocycles. The fourth-order valence-electron chi connectivity index (χ4n) is 5.33. The first-order chi connectivity index (χ1) is 17.8. The van der Waals surface area contributed by atoms with Crippen LogP contribution in [-0.2, 0) is 4.79 Å². The lowest BCUT2D eigenvalue weighted by molar-refractivity contribution is -0.134. The number of hydrogen-bond acceptors (Lipinski definition) is 5. The average molecular weight is 562 g/mol. The van der Waals surface area contributed by atoms with Gasteiger partial charge in [-0.05, 0) is 81.2 Å². The van der Waals surface area contributed by atoms with Gasteiger partial charge < -0.3 is 15.1 Å². The van der Waals surface area contributed by atoms with E-state index >= 15 is 0 Å². The van der Waals surface area contributed by atoms with E-state index in [9.17, 15) is 9.59 Å². The van der Waals surface area contributed by atoms with Crippen LogP contribution in [0.3, 0.4) is 0 Å². The monoisotopic (exact) mass is 560 g/mol. The van der Waals surface area contributed by atoms with E-state index in [2.05, 4.69) is 9.88 Å². The highest BCUT2D eigenvalue weighted by Crippen LogP contribution is 2.38. The van der Waals surface area contributed by atoms with Gasteiger partial charge in [-0.2, -0.15) is 0 Å². The van der Waals surface area contributed by atoms with Gasteiger partial charge in [0.25, 0.3) is 5.89 Å². The number of primary amides is 1. The lowest BCUT2D eigenvalue weighted by Gasteiger charge is -2.47. The number of oxazole rings is 1. The molecule has 2 fully saturated rings. The SMILES string of the molecule is NC(=O)C1(N2CCCCC2)CCN(C(=O)c2nc(-c3ccc(Cl)cc3Cl)c(-c3ccc(Cl)cc3)o2)CC1. The van der Waals surface area contributed by atoms with Gasteiger partial charge in [0.15, 0.2) is 5.76 Å². The minimum Gasteiger partial charge on any atom is -0.432 e. The van der Waals surface area contributed by atoms with E-state index in [-0.39, 0.29) is 17.7 Å². The van der Waals surface area contributed by atoms with Crippen molar-refractivity contribution in [2.24, 2.45) is 5.73 Å². The molecule has 2 N–H and O–H groups in total. The number of carbonyl (C=O) groups is 2. The zero-order chi connectivity index (χ0) is 26.2. The summed E-state index contributed by atoms with van der Waals surface area (Å²) in [6.45, 7) is 2.47. The Kier molecular flexibility index (Phi) is 7.50. The van der Waals surface area contributed by atoms with Crippen LogP contribution in [0.1, 0.15) is 42.8 Å². The largest absolute Gasteiger partial charge is 0.432 e. The number of hydrogen-bond donors (Lipinski definition) is 1. The zero-order valence-electron chi connectivity index (χ0n) is 20.2. The normalized spacial score (nSPS) is 18.1. The smallest absolute Gasteiger partial charge is 0.309 e. The summed E-state index contributed by atoms with van der Waals surface area (Å²) in [6, 6.07) is 12.1. The summed E-state index contributed by atoms with van der Waals surface area (Å²) in [7, 11) is 0. The summed E-state index contributed by atoms with van der Waals surface area (Å²) in [6.07, 6.45) is 4.23. The highest BCUT2D eigenvalue weighted by Gasteiger charge is 2.46. The van der Waals surface area contributed by atoms with E-state index in [0.717, 1.165) is 32.4 Å². The number of amides is 2. The number of halogens is 3. The second-order valence-corrected chi connectivity index (χ2v) is 10.8. The highest BCUT2D eigenvalue weighted by atomic mass is 35.5. The number of piperidine rings is 2. The highest BCUT2D eigenvalue weighted by molar-refractivity contribution is 6.36. The van der Waals surface area contributed by atoms with Crippen molar-refractivity contribution >= 4 is 46.6 Å². The first-order valence-corrected chi connectivity index (χ1v) is 13.5. The lowest BCUT2D eigenvalue weighted by Crippen LogP contribution is -2.63. The topological polar surface area (TPSA) is 92.7 Å². The quantitative estimate of drug-likeness (QED) is 0.418. The number of carbonyl (C=O) groups excluding carboxylic acids is 2. The second-order valence-electron chi connectivity index (χ2n) is 9.56. The summed E-state index contributed by atoms with van der Waals surface area (Å²) in [5.74, 6) is -0.304. The maximum Gasteiger partial charge on any atom is 0.309 e. The van der Waals surface area contributed by atoms with Crippen LogP contribution < -0.4 is 5.73 Å². The molecule has 2 aliphatic heterocycles. The van der Waals surface area contributed by atoms with Crippen molar-refractivity contribution in [3.05, 3.63) is 63.4 Å². The van der Waals surface area contributed by atoms with Gasteiger partial charge in [0.05, 0.1) is 5.02 Å². The van der Waals surface area contributed by atoms with Gasteiger partial charge in [-0.25, -0.2) is 4.98 Å². The summed E-state index contributed by atoms with van der Waals surface area (Å²) in [5, 5.41) is 1.45. The molecule has 0 atom stereocenters. The van der Waals surface area contributed by atoms with Crippen molar-refractivity contribution in [2.75, 3.05) is 26.2 Å². The van der Waals surface area contributed by atoms with Crippen LogP contribution in [0.15, 0.2) is 46.9 Å². The molecule has 1 aromatic heterocycles. The first-order valence-electron chi connectivity index (χ1n) is 12.3. The van der Waals surface area contributed by atoms with Crippen molar-refractivity contribution in [3.63, 3.8) is 0 Å². The van der Waals surface area contributed by atoms with Crippen LogP contribution in [0.4, 0.5) is 0 Å². The van der Waals surface area contributed by atoms with Crippen LogP contribution in [0, 0.1) is 0 Å². The average Bonchev–Trinajstić information content (AvgIpc) is 3.34. The van der Waals surface area contributed by atoms with E-state index in [0.29, 0.717) is 63.6 Å². The third kappa shape index (κ3) is 5.10. The molecular weight excluding hydrogens is 535 g/mol. The van der Waals surface area contributed by atoms with Crippen molar-refractivity contribution in [2.45, 2.75) is 37.6 Å². The summed E-state index contributed by atoms with van der Waals surface area (Å²) < 4.78 is 6.07. The third-order valence-corrected chi connectivity index (χ3v) is 8.20. The minimum atomic E-state index is -0.718. The fraction of sp³-hybridized carbons (Fsp3) is 0.370. The van der Waals surface area contributed by atoms with Crippen molar-refractivity contribution in [1.82, 2.24) is 14.8 Å². The molecule has 37 heavy (non-hydrogen) atoms. The maximum absolute atomic E-state index is 13.5. The molecule has 0 radical (unpaired) electrons. The number of aromatic nitrogens is 1. The van der Waals surface area contributed by atoms with Crippen molar-refractivity contribution in [1.29, 1.82) is 0 Å². The molecule has 0 spiro atoms. The van der Waals surface area contributed by atoms with Crippen LogP contribution in [0.5, 0.6) is 0 Å². The number of benzene rings is 2. The molecule has 2 saturated heterocycles. The molecule has 10 heteroatoms. The molecule has 7 nitrogen and oxygen atoms in total. The minimum absolute atomic E-state index is 0.0458. The van der Waals surface area contributed by atoms with E-state index in [1.165, 1.54) is 0 Å². The summed E-state index contributed by atoms with van der Waals surface area (Å²) in [5.41, 5.74) is 6.92. The van der Waals surface area contributed by atoms with Crippen molar-refractivity contribution in [3.8, 4) is 22.6 Å². The van der Waals surface area contributed by atoms with E-state index in [1.807, 2.05) is 0 Å². The Morgan fingerprint density at radius 1 is 0.892 bits per heavy atom. The molecule has 3 heterocycles. The molecule has 194 valence electrons. The molecule has 0 bridgehead atoms. The molecule has 0 unspecified atom stereocenters.